The topological polar surface area (TPSA) is 21.3 Å². The van der Waals surface area contributed by atoms with Crippen molar-refractivity contribution in [1.82, 2.24) is 5.32 Å². The van der Waals surface area contributed by atoms with Crippen molar-refractivity contribution in [3.63, 3.8) is 0 Å². The molecule has 2 nitrogen and oxygen atoms in total. The van der Waals surface area contributed by atoms with Crippen LogP contribution in [0.3, 0.4) is 0 Å². The molecule has 96 valence electrons. The summed E-state index contributed by atoms with van der Waals surface area (Å²) >= 11 is 0. The fourth-order valence-electron chi connectivity index (χ4n) is 2.11. The minimum Gasteiger partial charge on any atom is -0.382 e. The van der Waals surface area contributed by atoms with Crippen molar-refractivity contribution >= 4 is 0 Å². The van der Waals surface area contributed by atoms with E-state index in [4.69, 9.17) is 4.74 Å². The standard InChI is InChI=1S/C15H25NO/c1-5-16-15(11-10-13(3)17-4)14-9-7-6-8-12(14)2/h6-9,13,15-16H,5,10-11H2,1-4H3. The van der Waals surface area contributed by atoms with Gasteiger partial charge in [-0.25, -0.2) is 0 Å². The van der Waals surface area contributed by atoms with E-state index >= 15 is 0 Å². The third-order valence-corrected chi connectivity index (χ3v) is 3.28. The summed E-state index contributed by atoms with van der Waals surface area (Å²) in [7, 11) is 1.78. The lowest BCUT2D eigenvalue weighted by Gasteiger charge is -2.21. The number of rotatable bonds is 7. The molecule has 0 bridgehead atoms. The molecule has 0 aliphatic rings. The highest BCUT2D eigenvalue weighted by Crippen LogP contribution is 2.22. The number of ether oxygens (including phenoxy) is 1. The van der Waals surface area contributed by atoms with Crippen LogP contribution in [0.1, 0.15) is 43.9 Å². The molecule has 1 N–H and O–H groups in total. The van der Waals surface area contributed by atoms with Crippen molar-refractivity contribution < 1.29 is 4.74 Å². The van der Waals surface area contributed by atoms with E-state index in [-0.39, 0.29) is 0 Å². The van der Waals surface area contributed by atoms with Crippen LogP contribution in [0.5, 0.6) is 0 Å². The van der Waals surface area contributed by atoms with Gasteiger partial charge in [0.1, 0.15) is 0 Å². The van der Waals surface area contributed by atoms with Gasteiger partial charge in [0.2, 0.25) is 0 Å². The van der Waals surface area contributed by atoms with E-state index in [1.807, 2.05) is 0 Å². The van der Waals surface area contributed by atoms with Crippen molar-refractivity contribution in [3.8, 4) is 0 Å². The second-order valence-corrected chi connectivity index (χ2v) is 4.59. The normalized spacial score (nSPS) is 14.6. The first-order valence-corrected chi connectivity index (χ1v) is 6.50. The van der Waals surface area contributed by atoms with Gasteiger partial charge in [0, 0.05) is 13.2 Å². The van der Waals surface area contributed by atoms with Crippen molar-refractivity contribution in [2.24, 2.45) is 0 Å². The van der Waals surface area contributed by atoms with Crippen LogP contribution in [0, 0.1) is 6.92 Å². The summed E-state index contributed by atoms with van der Waals surface area (Å²) in [5, 5.41) is 3.56. The van der Waals surface area contributed by atoms with E-state index in [1.54, 1.807) is 7.11 Å². The maximum Gasteiger partial charge on any atom is 0.0543 e. The van der Waals surface area contributed by atoms with E-state index in [9.17, 15) is 0 Å². The summed E-state index contributed by atoms with van der Waals surface area (Å²) in [4.78, 5) is 0. The monoisotopic (exact) mass is 235 g/mol. The summed E-state index contributed by atoms with van der Waals surface area (Å²) < 4.78 is 5.32. The number of hydrogen-bond donors (Lipinski definition) is 1. The molecule has 1 rings (SSSR count). The van der Waals surface area contributed by atoms with Gasteiger partial charge in [-0.15, -0.1) is 0 Å². The molecule has 0 radical (unpaired) electrons. The van der Waals surface area contributed by atoms with Crippen LogP contribution < -0.4 is 5.32 Å². The first kappa shape index (κ1) is 14.2. The highest BCUT2D eigenvalue weighted by atomic mass is 16.5. The van der Waals surface area contributed by atoms with E-state index in [0.29, 0.717) is 12.1 Å². The van der Waals surface area contributed by atoms with Gasteiger partial charge in [0.05, 0.1) is 6.10 Å². The minimum atomic E-state index is 0.333. The van der Waals surface area contributed by atoms with Crippen LogP contribution in [0.25, 0.3) is 0 Å². The van der Waals surface area contributed by atoms with Crippen LogP contribution in [0.4, 0.5) is 0 Å². The SMILES string of the molecule is CCNC(CCC(C)OC)c1ccccc1C. The molecule has 0 aliphatic carbocycles. The molecule has 2 heteroatoms. The van der Waals surface area contributed by atoms with Gasteiger partial charge >= 0.3 is 0 Å². The first-order valence-electron chi connectivity index (χ1n) is 6.50. The van der Waals surface area contributed by atoms with Crippen molar-refractivity contribution in [2.75, 3.05) is 13.7 Å². The summed E-state index contributed by atoms with van der Waals surface area (Å²) in [5.74, 6) is 0. The van der Waals surface area contributed by atoms with Gasteiger partial charge < -0.3 is 10.1 Å². The highest BCUT2D eigenvalue weighted by Gasteiger charge is 2.13. The van der Waals surface area contributed by atoms with Crippen LogP contribution in [-0.4, -0.2) is 19.8 Å². The summed E-state index contributed by atoms with van der Waals surface area (Å²) in [6.45, 7) is 7.46. The Morgan fingerprint density at radius 1 is 1.24 bits per heavy atom. The predicted molar refractivity (Wildman–Crippen MR) is 73.3 cm³/mol. The zero-order valence-electron chi connectivity index (χ0n) is 11.5. The molecule has 0 heterocycles. The quantitative estimate of drug-likeness (QED) is 0.781. The van der Waals surface area contributed by atoms with Crippen molar-refractivity contribution in [2.45, 2.75) is 45.8 Å². The zero-order valence-corrected chi connectivity index (χ0v) is 11.5. The van der Waals surface area contributed by atoms with Gasteiger partial charge in [-0.1, -0.05) is 31.2 Å². The van der Waals surface area contributed by atoms with Crippen LogP contribution in [0.2, 0.25) is 0 Å². The summed E-state index contributed by atoms with van der Waals surface area (Å²) in [6, 6.07) is 9.06. The van der Waals surface area contributed by atoms with Crippen LogP contribution in [-0.2, 0) is 4.74 Å². The van der Waals surface area contributed by atoms with Gasteiger partial charge in [-0.2, -0.15) is 0 Å². The molecule has 2 unspecified atom stereocenters. The molecule has 0 saturated carbocycles. The second-order valence-electron chi connectivity index (χ2n) is 4.59. The van der Waals surface area contributed by atoms with E-state index in [0.717, 1.165) is 19.4 Å². The Bertz CT molecular complexity index is 324. The summed E-state index contributed by atoms with van der Waals surface area (Å²) in [6.07, 6.45) is 2.54. The van der Waals surface area contributed by atoms with Gasteiger partial charge in [-0.3, -0.25) is 0 Å². The first-order chi connectivity index (χ1) is 8.19. The number of hydrogen-bond acceptors (Lipinski definition) is 2. The molecular formula is C15H25NO. The maximum absolute atomic E-state index is 5.32. The molecule has 0 aliphatic heterocycles. The Kier molecular flexibility index (Phi) is 6.23. The Hall–Kier alpha value is -0.860. The molecule has 0 spiro atoms. The third-order valence-electron chi connectivity index (χ3n) is 3.28. The lowest BCUT2D eigenvalue weighted by molar-refractivity contribution is 0.106. The predicted octanol–water partition coefficient (Wildman–Crippen LogP) is 3.46. The Morgan fingerprint density at radius 2 is 1.94 bits per heavy atom. The molecule has 0 aromatic heterocycles. The van der Waals surface area contributed by atoms with Crippen molar-refractivity contribution in [3.05, 3.63) is 35.4 Å². The molecule has 1 aromatic carbocycles. The molecule has 1 aromatic rings. The average molecular weight is 235 g/mol. The average Bonchev–Trinajstić information content (AvgIpc) is 2.35. The second kappa shape index (κ2) is 7.46. The van der Waals surface area contributed by atoms with E-state index in [1.165, 1.54) is 11.1 Å². The largest absolute Gasteiger partial charge is 0.382 e. The smallest absolute Gasteiger partial charge is 0.0543 e. The molecule has 0 fully saturated rings. The molecule has 2 atom stereocenters. The van der Waals surface area contributed by atoms with E-state index < -0.39 is 0 Å². The lowest BCUT2D eigenvalue weighted by Crippen LogP contribution is -2.23. The van der Waals surface area contributed by atoms with E-state index in [2.05, 4.69) is 50.4 Å². The van der Waals surface area contributed by atoms with Gasteiger partial charge in [0.15, 0.2) is 0 Å². The summed E-state index contributed by atoms with van der Waals surface area (Å²) in [5.41, 5.74) is 2.78. The molecular weight excluding hydrogens is 210 g/mol. The fraction of sp³-hybridized carbons (Fsp3) is 0.600. The zero-order chi connectivity index (χ0) is 12.7. The number of benzene rings is 1. The minimum absolute atomic E-state index is 0.333. The Morgan fingerprint density at radius 3 is 2.53 bits per heavy atom. The third kappa shape index (κ3) is 4.49. The van der Waals surface area contributed by atoms with Crippen LogP contribution in [0.15, 0.2) is 24.3 Å². The van der Waals surface area contributed by atoms with Crippen LogP contribution >= 0.6 is 0 Å². The fourth-order valence-corrected chi connectivity index (χ4v) is 2.11. The lowest BCUT2D eigenvalue weighted by atomic mass is 9.96. The molecule has 17 heavy (non-hydrogen) atoms. The number of aryl methyl sites for hydroxylation is 1. The van der Waals surface area contributed by atoms with Gasteiger partial charge in [0.25, 0.3) is 0 Å². The van der Waals surface area contributed by atoms with Gasteiger partial charge in [-0.05, 0) is 44.4 Å². The van der Waals surface area contributed by atoms with Crippen molar-refractivity contribution in [1.29, 1.82) is 0 Å². The molecule has 0 amide bonds. The Balaban J connectivity index is 2.68. The Labute approximate surface area is 105 Å². The highest BCUT2D eigenvalue weighted by molar-refractivity contribution is 5.28. The number of methoxy groups -OCH3 is 1. The number of nitrogens with one attached hydrogen (secondary N) is 1. The maximum atomic E-state index is 5.32. The molecule has 0 saturated heterocycles.